The minimum absolute atomic E-state index is 0.164. The van der Waals surface area contributed by atoms with Crippen LogP contribution >= 0.6 is 11.6 Å². The van der Waals surface area contributed by atoms with Crippen molar-refractivity contribution >= 4 is 41.1 Å². The summed E-state index contributed by atoms with van der Waals surface area (Å²) in [5.74, 6) is -1.78. The Morgan fingerprint density at radius 2 is 1.86 bits per heavy atom. The molecule has 0 saturated carbocycles. The molecule has 2 aromatic carbocycles. The third-order valence-corrected chi connectivity index (χ3v) is 4.92. The lowest BCUT2D eigenvalue weighted by Gasteiger charge is -2.22. The molecule has 150 valence electrons. The smallest absolute Gasteiger partial charge is 0.337 e. The van der Waals surface area contributed by atoms with Crippen molar-refractivity contribution in [3.05, 3.63) is 64.7 Å². The van der Waals surface area contributed by atoms with E-state index in [0.29, 0.717) is 5.56 Å². The van der Waals surface area contributed by atoms with Gasteiger partial charge in [-0.1, -0.05) is 41.9 Å². The summed E-state index contributed by atoms with van der Waals surface area (Å²) in [5.41, 5.74) is -0.299. The molecule has 0 aliphatic carbocycles. The summed E-state index contributed by atoms with van der Waals surface area (Å²) in [6, 6.07) is 12.3. The highest BCUT2D eigenvalue weighted by atomic mass is 35.5. The summed E-state index contributed by atoms with van der Waals surface area (Å²) in [6.45, 7) is 1.07. The highest BCUT2D eigenvalue weighted by molar-refractivity contribution is 6.34. The zero-order valence-corrected chi connectivity index (χ0v) is 16.4. The van der Waals surface area contributed by atoms with Crippen LogP contribution in [0.15, 0.2) is 48.5 Å². The van der Waals surface area contributed by atoms with E-state index in [1.165, 1.54) is 25.3 Å². The molecule has 1 fully saturated rings. The first-order valence-electron chi connectivity index (χ1n) is 8.63. The predicted molar refractivity (Wildman–Crippen MR) is 105 cm³/mol. The van der Waals surface area contributed by atoms with E-state index in [1.54, 1.807) is 37.3 Å². The van der Waals surface area contributed by atoms with Gasteiger partial charge in [0.2, 0.25) is 5.91 Å². The van der Waals surface area contributed by atoms with Crippen LogP contribution < -0.4 is 10.6 Å². The second kappa shape index (κ2) is 7.92. The van der Waals surface area contributed by atoms with Gasteiger partial charge in [0.25, 0.3) is 5.91 Å². The summed E-state index contributed by atoms with van der Waals surface area (Å²) in [5, 5.41) is 5.33. The van der Waals surface area contributed by atoms with Crippen molar-refractivity contribution in [1.29, 1.82) is 0 Å². The number of carbonyl (C=O) groups is 4. The van der Waals surface area contributed by atoms with Gasteiger partial charge in [0.05, 0.1) is 23.4 Å². The average Bonchev–Trinajstić information content (AvgIpc) is 2.93. The molecule has 4 amide bonds. The second-order valence-electron chi connectivity index (χ2n) is 6.55. The Hall–Kier alpha value is -3.39. The number of hydrogen-bond donors (Lipinski definition) is 2. The summed E-state index contributed by atoms with van der Waals surface area (Å²) in [7, 11) is 1.23. The van der Waals surface area contributed by atoms with Gasteiger partial charge in [-0.2, -0.15) is 0 Å². The number of urea groups is 1. The Morgan fingerprint density at radius 1 is 1.17 bits per heavy atom. The normalized spacial score (nSPS) is 18.4. The van der Waals surface area contributed by atoms with Gasteiger partial charge >= 0.3 is 12.0 Å². The van der Waals surface area contributed by atoms with E-state index in [1.807, 2.05) is 0 Å². The number of imide groups is 1. The summed E-state index contributed by atoms with van der Waals surface area (Å²) < 4.78 is 4.64. The molecule has 3 rings (SSSR count). The molecule has 1 aliphatic heterocycles. The maximum Gasteiger partial charge on any atom is 0.337 e. The van der Waals surface area contributed by atoms with Crippen molar-refractivity contribution in [3.8, 4) is 0 Å². The second-order valence-corrected chi connectivity index (χ2v) is 6.95. The largest absolute Gasteiger partial charge is 0.465 e. The quantitative estimate of drug-likeness (QED) is 0.576. The first kappa shape index (κ1) is 20.3. The molecule has 29 heavy (non-hydrogen) atoms. The van der Waals surface area contributed by atoms with Crippen LogP contribution in [0.4, 0.5) is 10.5 Å². The van der Waals surface area contributed by atoms with Crippen LogP contribution in [-0.2, 0) is 19.9 Å². The highest BCUT2D eigenvalue weighted by Crippen LogP contribution is 2.29. The predicted octanol–water partition coefficient (Wildman–Crippen LogP) is 2.53. The number of carbonyl (C=O) groups excluding carboxylic acids is 4. The van der Waals surface area contributed by atoms with Crippen molar-refractivity contribution in [1.82, 2.24) is 10.2 Å². The van der Waals surface area contributed by atoms with Gasteiger partial charge in [0.1, 0.15) is 12.1 Å². The number of amides is 4. The number of anilines is 1. The Balaban J connectivity index is 1.75. The fourth-order valence-corrected chi connectivity index (χ4v) is 3.17. The van der Waals surface area contributed by atoms with Crippen LogP contribution in [0.3, 0.4) is 0 Å². The van der Waals surface area contributed by atoms with Gasteiger partial charge < -0.3 is 15.4 Å². The van der Waals surface area contributed by atoms with E-state index in [0.717, 1.165) is 4.90 Å². The lowest BCUT2D eigenvalue weighted by molar-refractivity contribution is -0.133. The van der Waals surface area contributed by atoms with E-state index in [2.05, 4.69) is 15.4 Å². The molecule has 0 radical (unpaired) electrons. The number of hydrogen-bond acceptors (Lipinski definition) is 5. The standard InChI is InChI=1S/C20H18ClN3O5/c1-20(13-6-4-3-5-7-13)18(27)24(19(28)23-20)11-16(25)22-15-10-12(17(26)29-2)8-9-14(15)21/h3-10H,11H2,1-2H3,(H,22,25)(H,23,28). The summed E-state index contributed by atoms with van der Waals surface area (Å²) in [6.07, 6.45) is 0. The number of rotatable bonds is 5. The van der Waals surface area contributed by atoms with E-state index < -0.39 is 35.9 Å². The van der Waals surface area contributed by atoms with Gasteiger partial charge in [0.15, 0.2) is 0 Å². The molecular formula is C20H18ClN3O5. The molecule has 0 bridgehead atoms. The van der Waals surface area contributed by atoms with E-state index >= 15 is 0 Å². The summed E-state index contributed by atoms with van der Waals surface area (Å²) in [4.78, 5) is 50.1. The Morgan fingerprint density at radius 3 is 2.52 bits per heavy atom. The van der Waals surface area contributed by atoms with Crippen LogP contribution in [-0.4, -0.2) is 42.4 Å². The molecule has 8 nitrogen and oxygen atoms in total. The van der Waals surface area contributed by atoms with E-state index in [4.69, 9.17) is 11.6 Å². The fourth-order valence-electron chi connectivity index (χ4n) is 3.01. The van der Waals surface area contributed by atoms with Crippen molar-refractivity contribution < 1.29 is 23.9 Å². The number of esters is 1. The molecule has 2 N–H and O–H groups in total. The molecule has 1 saturated heterocycles. The van der Waals surface area contributed by atoms with Crippen molar-refractivity contribution in [3.63, 3.8) is 0 Å². The topological polar surface area (TPSA) is 105 Å². The van der Waals surface area contributed by atoms with E-state index in [9.17, 15) is 19.2 Å². The molecule has 0 aromatic heterocycles. The van der Waals surface area contributed by atoms with Gasteiger partial charge in [-0.25, -0.2) is 9.59 Å². The van der Waals surface area contributed by atoms with Gasteiger partial charge in [-0.05, 0) is 30.7 Å². The number of nitrogens with zero attached hydrogens (tertiary/aromatic N) is 1. The summed E-state index contributed by atoms with van der Waals surface area (Å²) >= 11 is 6.06. The molecule has 2 aromatic rings. The first-order valence-corrected chi connectivity index (χ1v) is 9.01. The highest BCUT2D eigenvalue weighted by Gasteiger charge is 2.49. The molecule has 0 spiro atoms. The lowest BCUT2D eigenvalue weighted by atomic mass is 9.92. The monoisotopic (exact) mass is 415 g/mol. The Bertz CT molecular complexity index is 995. The zero-order valence-electron chi connectivity index (χ0n) is 15.7. The van der Waals surface area contributed by atoms with Gasteiger partial charge in [0, 0.05) is 0 Å². The number of ether oxygens (including phenoxy) is 1. The van der Waals surface area contributed by atoms with Crippen LogP contribution in [0.2, 0.25) is 5.02 Å². The fraction of sp³-hybridized carbons (Fsp3) is 0.200. The third-order valence-electron chi connectivity index (χ3n) is 4.59. The maximum atomic E-state index is 12.9. The molecule has 1 unspecified atom stereocenters. The molecular weight excluding hydrogens is 398 g/mol. The number of benzene rings is 2. The van der Waals surface area contributed by atoms with Crippen LogP contribution in [0.1, 0.15) is 22.8 Å². The Kier molecular flexibility index (Phi) is 5.56. The van der Waals surface area contributed by atoms with Crippen LogP contribution in [0.5, 0.6) is 0 Å². The number of nitrogens with one attached hydrogen (secondary N) is 2. The van der Waals surface area contributed by atoms with Crippen LogP contribution in [0, 0.1) is 0 Å². The van der Waals surface area contributed by atoms with Crippen LogP contribution in [0.25, 0.3) is 0 Å². The van der Waals surface area contributed by atoms with Crippen molar-refractivity contribution in [2.75, 3.05) is 19.0 Å². The average molecular weight is 416 g/mol. The van der Waals surface area contributed by atoms with E-state index in [-0.39, 0.29) is 16.3 Å². The SMILES string of the molecule is COC(=O)c1ccc(Cl)c(NC(=O)CN2C(=O)NC(C)(c3ccccc3)C2=O)c1. The van der Waals surface area contributed by atoms with Gasteiger partial charge in [-0.15, -0.1) is 0 Å². The molecule has 1 heterocycles. The van der Waals surface area contributed by atoms with Gasteiger partial charge in [-0.3, -0.25) is 14.5 Å². The molecule has 1 atom stereocenters. The molecule has 9 heteroatoms. The number of methoxy groups -OCH3 is 1. The third kappa shape index (κ3) is 3.93. The lowest BCUT2D eigenvalue weighted by Crippen LogP contribution is -2.42. The van der Waals surface area contributed by atoms with Crippen molar-refractivity contribution in [2.24, 2.45) is 0 Å². The first-order chi connectivity index (χ1) is 13.8. The Labute approximate surface area is 171 Å². The zero-order chi connectivity index (χ0) is 21.2. The minimum Gasteiger partial charge on any atom is -0.465 e. The minimum atomic E-state index is -1.26. The maximum absolute atomic E-state index is 12.9. The molecule has 1 aliphatic rings. The number of halogens is 1. The van der Waals surface area contributed by atoms with Crippen molar-refractivity contribution in [2.45, 2.75) is 12.5 Å².